The van der Waals surface area contributed by atoms with Crippen LogP contribution in [0.3, 0.4) is 0 Å². The van der Waals surface area contributed by atoms with Gasteiger partial charge in [-0.25, -0.2) is 13.2 Å². The van der Waals surface area contributed by atoms with Crippen molar-refractivity contribution in [3.63, 3.8) is 0 Å². The molecule has 4 unspecified atom stereocenters. The zero-order chi connectivity index (χ0) is 28.2. The number of benzene rings is 1. The van der Waals surface area contributed by atoms with Crippen LogP contribution in [0.15, 0.2) is 36.4 Å². The van der Waals surface area contributed by atoms with E-state index in [1.54, 1.807) is 18.2 Å². The van der Waals surface area contributed by atoms with E-state index < -0.39 is 63.2 Å². The summed E-state index contributed by atoms with van der Waals surface area (Å²) in [5.41, 5.74) is 4.14. The van der Waals surface area contributed by atoms with Crippen LogP contribution in [-0.4, -0.2) is 61.4 Å². The number of nitrogens with one attached hydrogen (secondary N) is 2. The minimum absolute atomic E-state index is 0.224. The van der Waals surface area contributed by atoms with Crippen molar-refractivity contribution in [3.8, 4) is 0 Å². The van der Waals surface area contributed by atoms with Gasteiger partial charge in [-0.3, -0.25) is 19.1 Å². The number of rotatable bonds is 5. The number of primary amides is 1. The van der Waals surface area contributed by atoms with Gasteiger partial charge in [-0.15, -0.1) is 0 Å². The molecule has 4 rings (SSSR count). The molecule has 2 fully saturated rings. The summed E-state index contributed by atoms with van der Waals surface area (Å²) in [5.74, 6) is -2.76. The van der Waals surface area contributed by atoms with Crippen molar-refractivity contribution in [1.29, 1.82) is 0 Å². The van der Waals surface area contributed by atoms with E-state index in [1.165, 1.54) is 11.0 Å². The summed E-state index contributed by atoms with van der Waals surface area (Å²) in [6.07, 6.45) is 5.89. The summed E-state index contributed by atoms with van der Waals surface area (Å²) in [7, 11) is -4.10. The van der Waals surface area contributed by atoms with Gasteiger partial charge in [0, 0.05) is 17.5 Å². The summed E-state index contributed by atoms with van der Waals surface area (Å²) in [5, 5.41) is 3.13. The highest BCUT2D eigenvalue weighted by molar-refractivity contribution is 7.89. The number of hydrogen-bond acceptors (Lipinski definition) is 7. The fourth-order valence-electron chi connectivity index (χ4n) is 5.29. The fourth-order valence-corrected chi connectivity index (χ4v) is 6.66. The average molecular weight is 581 g/mol. The third-order valence-corrected chi connectivity index (χ3v) is 8.78. The Bertz CT molecular complexity index is 1270. The molecule has 212 valence electrons. The zero-order valence-electron chi connectivity index (χ0n) is 21.4. The van der Waals surface area contributed by atoms with Crippen molar-refractivity contribution in [2.75, 3.05) is 6.54 Å². The first kappa shape index (κ1) is 28.9. The van der Waals surface area contributed by atoms with Crippen LogP contribution in [-0.2, 0) is 34.9 Å². The molecule has 13 heteroatoms. The van der Waals surface area contributed by atoms with E-state index >= 15 is 0 Å². The molecule has 4 N–H and O–H groups in total. The third-order valence-electron chi connectivity index (χ3n) is 7.34. The van der Waals surface area contributed by atoms with E-state index in [0.717, 1.165) is 12.8 Å². The summed E-state index contributed by atoms with van der Waals surface area (Å²) < 4.78 is 32.9. The number of nitrogens with zero attached hydrogens (tertiary/aromatic N) is 1. The fraction of sp³-hybridized carbons (Fsp3) is 0.538. The molecule has 1 aliphatic carbocycles. The lowest BCUT2D eigenvalue weighted by Gasteiger charge is -2.29. The number of sulfonamides is 1. The number of amides is 4. The number of carbonyl (C=O) groups is 4. The first-order chi connectivity index (χ1) is 18.5. The Morgan fingerprint density at radius 1 is 1.18 bits per heavy atom. The Kier molecular flexibility index (Phi) is 8.85. The van der Waals surface area contributed by atoms with E-state index in [-0.39, 0.29) is 19.4 Å². The van der Waals surface area contributed by atoms with Crippen LogP contribution in [0.25, 0.3) is 0 Å². The number of nitrogens with two attached hydrogens (primary N) is 1. The molecule has 1 aromatic rings. The predicted octanol–water partition coefficient (Wildman–Crippen LogP) is 2.14. The molecule has 11 nitrogen and oxygen atoms in total. The van der Waals surface area contributed by atoms with Crippen LogP contribution in [0.1, 0.15) is 56.9 Å². The molecular formula is C26H33ClN4O7S. The van der Waals surface area contributed by atoms with Gasteiger partial charge in [-0.1, -0.05) is 42.3 Å². The first-order valence-corrected chi connectivity index (χ1v) is 15.1. The molecule has 0 bridgehead atoms. The van der Waals surface area contributed by atoms with Crippen molar-refractivity contribution in [1.82, 2.24) is 14.9 Å². The van der Waals surface area contributed by atoms with Gasteiger partial charge < -0.3 is 20.7 Å². The Morgan fingerprint density at radius 3 is 2.72 bits per heavy atom. The van der Waals surface area contributed by atoms with Gasteiger partial charge in [0.25, 0.3) is 11.8 Å². The molecule has 1 aromatic carbocycles. The van der Waals surface area contributed by atoms with Crippen molar-refractivity contribution >= 4 is 45.4 Å². The molecule has 39 heavy (non-hydrogen) atoms. The minimum atomic E-state index is -4.10. The maximum absolute atomic E-state index is 13.4. The second-order valence-electron chi connectivity index (χ2n) is 10.3. The Hall–Kier alpha value is -3.12. The largest absolute Gasteiger partial charge is 0.436 e. The van der Waals surface area contributed by atoms with E-state index in [4.69, 9.17) is 22.1 Å². The maximum Gasteiger partial charge on any atom is 0.405 e. The molecule has 0 radical (unpaired) electrons. The van der Waals surface area contributed by atoms with Crippen LogP contribution < -0.4 is 15.8 Å². The Labute approximate surface area is 232 Å². The first-order valence-electron chi connectivity index (χ1n) is 13.1. The molecule has 0 spiro atoms. The highest BCUT2D eigenvalue weighted by Gasteiger charge is 2.61. The van der Waals surface area contributed by atoms with E-state index in [0.29, 0.717) is 36.3 Å². The molecule has 0 aromatic heterocycles. The molecule has 3 aliphatic rings. The lowest BCUT2D eigenvalue weighted by atomic mass is 10.1. The zero-order valence-corrected chi connectivity index (χ0v) is 23.0. The lowest BCUT2D eigenvalue weighted by Crippen LogP contribution is -2.57. The van der Waals surface area contributed by atoms with Gasteiger partial charge in [0.05, 0.1) is 5.75 Å². The van der Waals surface area contributed by atoms with Gasteiger partial charge in [0.1, 0.15) is 11.6 Å². The van der Waals surface area contributed by atoms with Gasteiger partial charge in [-0.05, 0) is 62.6 Å². The van der Waals surface area contributed by atoms with Crippen LogP contribution in [0.2, 0.25) is 5.02 Å². The SMILES string of the molecule is NC(=O)OC1CCCCC/C=C/C2CC2(C(=O)NS(=O)(=O)Cc2cccc(Cl)c2)NC(=O)C2CCCN2C1=O. The molecule has 4 amide bonds. The molecule has 4 atom stereocenters. The van der Waals surface area contributed by atoms with E-state index in [9.17, 15) is 27.6 Å². The second kappa shape index (κ2) is 12.0. The third kappa shape index (κ3) is 7.10. The predicted molar refractivity (Wildman–Crippen MR) is 143 cm³/mol. The topological polar surface area (TPSA) is 165 Å². The number of ether oxygens (including phenoxy) is 1. The number of halogens is 1. The van der Waals surface area contributed by atoms with Crippen LogP contribution in [0, 0.1) is 5.92 Å². The standard InChI is InChI=1S/C26H33ClN4O7S/c27-19-10-6-8-17(14-19)16-39(36,37)30-24(34)26-15-18(26)9-4-2-1-3-5-12-21(38-25(28)35)23(33)31-13-7-11-20(31)22(32)29-26/h4,6,8-10,14,18,20-21H,1-3,5,7,11-13,15-16H2,(H2,28,35)(H,29,32)(H,30,34)/b9-4+. The van der Waals surface area contributed by atoms with Crippen molar-refractivity contribution in [3.05, 3.63) is 47.0 Å². The lowest BCUT2D eigenvalue weighted by molar-refractivity contribution is -0.146. The number of hydrogen-bond donors (Lipinski definition) is 3. The average Bonchev–Trinajstić information content (AvgIpc) is 3.31. The van der Waals surface area contributed by atoms with Gasteiger partial charge in [0.2, 0.25) is 15.9 Å². The number of carbonyl (C=O) groups excluding carboxylic acids is 4. The monoisotopic (exact) mass is 580 g/mol. The summed E-state index contributed by atoms with van der Waals surface area (Å²) in [6, 6.07) is 5.42. The molecular weight excluding hydrogens is 548 g/mol. The van der Waals surface area contributed by atoms with Crippen LogP contribution >= 0.6 is 11.6 Å². The Balaban J connectivity index is 1.55. The van der Waals surface area contributed by atoms with E-state index in [1.807, 2.05) is 12.2 Å². The van der Waals surface area contributed by atoms with Crippen LogP contribution in [0.5, 0.6) is 0 Å². The highest BCUT2D eigenvalue weighted by atomic mass is 35.5. The second-order valence-corrected chi connectivity index (χ2v) is 12.4. The summed E-state index contributed by atoms with van der Waals surface area (Å²) in [4.78, 5) is 52.9. The maximum atomic E-state index is 13.4. The summed E-state index contributed by atoms with van der Waals surface area (Å²) in [6.45, 7) is 0.284. The molecule has 2 heterocycles. The highest BCUT2D eigenvalue weighted by Crippen LogP contribution is 2.45. The van der Waals surface area contributed by atoms with Crippen LogP contribution in [0.4, 0.5) is 4.79 Å². The smallest absolute Gasteiger partial charge is 0.405 e. The number of fused-ring (bicyclic) bond motifs is 2. The van der Waals surface area contributed by atoms with Gasteiger partial charge in [0.15, 0.2) is 6.10 Å². The molecule has 1 saturated carbocycles. The van der Waals surface area contributed by atoms with Gasteiger partial charge >= 0.3 is 6.09 Å². The Morgan fingerprint density at radius 2 is 1.97 bits per heavy atom. The quantitative estimate of drug-likeness (QED) is 0.449. The normalized spacial score (nSPS) is 28.6. The van der Waals surface area contributed by atoms with Crippen molar-refractivity contribution < 1.29 is 32.3 Å². The molecule has 1 saturated heterocycles. The summed E-state index contributed by atoms with van der Waals surface area (Å²) >= 11 is 5.96. The minimum Gasteiger partial charge on any atom is -0.436 e. The number of allylic oxidation sites excluding steroid dienone is 1. The van der Waals surface area contributed by atoms with E-state index in [2.05, 4.69) is 10.0 Å². The van der Waals surface area contributed by atoms with Crippen molar-refractivity contribution in [2.45, 2.75) is 74.8 Å². The molecule has 2 aliphatic heterocycles. The van der Waals surface area contributed by atoms with Gasteiger partial charge in [-0.2, -0.15) is 0 Å². The van der Waals surface area contributed by atoms with Crippen molar-refractivity contribution in [2.24, 2.45) is 11.7 Å².